The maximum Gasteiger partial charge on any atom is 0.265 e. The number of pyridine rings is 1. The van der Waals surface area contributed by atoms with Crippen molar-refractivity contribution in [3.8, 4) is 0 Å². The van der Waals surface area contributed by atoms with Gasteiger partial charge in [-0.3, -0.25) is 4.31 Å². The Labute approximate surface area is 136 Å². The van der Waals surface area contributed by atoms with E-state index in [1.54, 1.807) is 44.2 Å². The number of aliphatic hydroxyl groups excluding tert-OH is 1. The molecule has 1 atom stereocenters. The van der Waals surface area contributed by atoms with Gasteiger partial charge in [0.2, 0.25) is 0 Å². The zero-order valence-electron chi connectivity index (χ0n) is 13.2. The summed E-state index contributed by atoms with van der Waals surface area (Å²) in [6, 6.07) is 12.1. The van der Waals surface area contributed by atoms with Gasteiger partial charge in [-0.05, 0) is 38.1 Å². The van der Waals surface area contributed by atoms with Gasteiger partial charge >= 0.3 is 0 Å². The molecule has 0 spiro atoms. The van der Waals surface area contributed by atoms with Crippen LogP contribution in [-0.4, -0.2) is 37.7 Å². The molecule has 2 rings (SSSR count). The summed E-state index contributed by atoms with van der Waals surface area (Å²) < 4.78 is 26.9. The van der Waals surface area contributed by atoms with Crippen molar-refractivity contribution < 1.29 is 13.5 Å². The van der Waals surface area contributed by atoms with Crippen molar-refractivity contribution in [1.29, 1.82) is 0 Å². The Bertz CT molecular complexity index is 716. The number of hydrogen-bond acceptors (Lipinski definition) is 5. The van der Waals surface area contributed by atoms with E-state index in [1.165, 1.54) is 16.6 Å². The Morgan fingerprint density at radius 3 is 2.43 bits per heavy atom. The molecule has 124 valence electrons. The normalized spacial score (nSPS) is 12.7. The average Bonchev–Trinajstić information content (AvgIpc) is 2.55. The monoisotopic (exact) mass is 335 g/mol. The SMILES string of the molecule is CCN(c1ccccc1)S(=O)(=O)c1ccc(NC[C@H](C)O)nc1. The lowest BCUT2D eigenvalue weighted by Crippen LogP contribution is -2.30. The number of rotatable bonds is 7. The molecule has 7 heteroatoms. The van der Waals surface area contributed by atoms with Gasteiger partial charge in [-0.15, -0.1) is 0 Å². The number of nitrogens with zero attached hydrogens (tertiary/aromatic N) is 2. The van der Waals surface area contributed by atoms with Gasteiger partial charge in [-0.1, -0.05) is 18.2 Å². The fourth-order valence-corrected chi connectivity index (χ4v) is 3.52. The minimum atomic E-state index is -3.66. The lowest BCUT2D eigenvalue weighted by molar-refractivity contribution is 0.208. The molecule has 0 saturated carbocycles. The maximum absolute atomic E-state index is 12.8. The first-order chi connectivity index (χ1) is 10.9. The fourth-order valence-electron chi connectivity index (χ4n) is 2.10. The van der Waals surface area contributed by atoms with Gasteiger partial charge in [0, 0.05) is 19.3 Å². The summed E-state index contributed by atoms with van der Waals surface area (Å²) in [6.45, 7) is 4.12. The van der Waals surface area contributed by atoms with E-state index in [2.05, 4.69) is 10.3 Å². The molecule has 1 aromatic heterocycles. The zero-order valence-corrected chi connectivity index (χ0v) is 14.0. The van der Waals surface area contributed by atoms with Crippen molar-refractivity contribution in [2.24, 2.45) is 0 Å². The van der Waals surface area contributed by atoms with Crippen LogP contribution in [0.4, 0.5) is 11.5 Å². The highest BCUT2D eigenvalue weighted by Crippen LogP contribution is 2.23. The van der Waals surface area contributed by atoms with E-state index in [0.29, 0.717) is 24.6 Å². The smallest absolute Gasteiger partial charge is 0.265 e. The fraction of sp³-hybridized carbons (Fsp3) is 0.312. The van der Waals surface area contributed by atoms with Crippen LogP contribution < -0.4 is 9.62 Å². The maximum atomic E-state index is 12.8. The molecule has 1 aromatic carbocycles. The molecule has 0 aliphatic rings. The molecule has 0 amide bonds. The van der Waals surface area contributed by atoms with Crippen LogP contribution in [-0.2, 0) is 10.0 Å². The van der Waals surface area contributed by atoms with Crippen molar-refractivity contribution in [2.45, 2.75) is 24.8 Å². The molecule has 1 heterocycles. The average molecular weight is 335 g/mol. The second kappa shape index (κ2) is 7.43. The van der Waals surface area contributed by atoms with Gasteiger partial charge < -0.3 is 10.4 Å². The lowest BCUT2D eigenvalue weighted by Gasteiger charge is -2.22. The largest absolute Gasteiger partial charge is 0.392 e. The molecule has 0 radical (unpaired) electrons. The molecule has 6 nitrogen and oxygen atoms in total. The molecule has 2 N–H and O–H groups in total. The van der Waals surface area contributed by atoms with E-state index < -0.39 is 16.1 Å². The Balaban J connectivity index is 2.24. The van der Waals surface area contributed by atoms with Crippen LogP contribution >= 0.6 is 0 Å². The van der Waals surface area contributed by atoms with Crippen molar-refractivity contribution >= 4 is 21.5 Å². The first kappa shape index (κ1) is 17.2. The van der Waals surface area contributed by atoms with Gasteiger partial charge in [-0.2, -0.15) is 0 Å². The second-order valence-electron chi connectivity index (χ2n) is 5.11. The number of aliphatic hydroxyl groups is 1. The molecular weight excluding hydrogens is 314 g/mol. The highest BCUT2D eigenvalue weighted by atomic mass is 32.2. The third-order valence-electron chi connectivity index (χ3n) is 3.23. The summed E-state index contributed by atoms with van der Waals surface area (Å²) in [5.41, 5.74) is 0.617. The van der Waals surface area contributed by atoms with Crippen molar-refractivity contribution in [3.63, 3.8) is 0 Å². The first-order valence-corrected chi connectivity index (χ1v) is 8.85. The Morgan fingerprint density at radius 2 is 1.91 bits per heavy atom. The highest BCUT2D eigenvalue weighted by Gasteiger charge is 2.23. The Morgan fingerprint density at radius 1 is 1.22 bits per heavy atom. The van der Waals surface area contributed by atoms with Crippen LogP contribution in [0.15, 0.2) is 53.6 Å². The van der Waals surface area contributed by atoms with Crippen molar-refractivity contribution in [1.82, 2.24) is 4.98 Å². The van der Waals surface area contributed by atoms with Crippen molar-refractivity contribution in [3.05, 3.63) is 48.7 Å². The molecule has 0 fully saturated rings. The highest BCUT2D eigenvalue weighted by molar-refractivity contribution is 7.92. The summed E-state index contributed by atoms with van der Waals surface area (Å²) in [7, 11) is -3.66. The Hall–Kier alpha value is -2.12. The third kappa shape index (κ3) is 4.20. The summed E-state index contributed by atoms with van der Waals surface area (Å²) in [6.07, 6.45) is 0.819. The standard InChI is InChI=1S/C16H21N3O3S/c1-3-19(14-7-5-4-6-8-14)23(21,22)15-9-10-16(18-12-15)17-11-13(2)20/h4-10,12-13,20H,3,11H2,1-2H3,(H,17,18)/t13-/m0/s1. The predicted molar refractivity (Wildman–Crippen MR) is 91.1 cm³/mol. The van der Waals surface area contributed by atoms with E-state index >= 15 is 0 Å². The zero-order chi connectivity index (χ0) is 16.9. The molecular formula is C16H21N3O3S. The van der Waals surface area contributed by atoms with E-state index in [-0.39, 0.29) is 4.90 Å². The number of benzene rings is 1. The summed E-state index contributed by atoms with van der Waals surface area (Å²) in [4.78, 5) is 4.23. The molecule has 0 aliphatic heterocycles. The number of para-hydroxylation sites is 1. The van der Waals surface area contributed by atoms with Crippen LogP contribution in [0.3, 0.4) is 0 Å². The minimum absolute atomic E-state index is 0.130. The second-order valence-corrected chi connectivity index (χ2v) is 6.98. The summed E-state index contributed by atoms with van der Waals surface area (Å²) >= 11 is 0. The third-order valence-corrected chi connectivity index (χ3v) is 5.12. The van der Waals surface area contributed by atoms with Gasteiger partial charge in [0.1, 0.15) is 10.7 Å². The summed E-state index contributed by atoms with van der Waals surface area (Å²) in [5.74, 6) is 0.521. The molecule has 0 saturated heterocycles. The van der Waals surface area contributed by atoms with E-state index in [9.17, 15) is 13.5 Å². The number of aromatic nitrogens is 1. The predicted octanol–water partition coefficient (Wildman–Crippen LogP) is 2.09. The van der Waals surface area contributed by atoms with Gasteiger partial charge in [0.15, 0.2) is 0 Å². The van der Waals surface area contributed by atoms with Gasteiger partial charge in [0.25, 0.3) is 10.0 Å². The van der Waals surface area contributed by atoms with Crippen LogP contribution in [0.5, 0.6) is 0 Å². The lowest BCUT2D eigenvalue weighted by atomic mass is 10.3. The van der Waals surface area contributed by atoms with Crippen LogP contribution in [0.25, 0.3) is 0 Å². The minimum Gasteiger partial charge on any atom is -0.392 e. The van der Waals surface area contributed by atoms with Gasteiger partial charge in [-0.25, -0.2) is 13.4 Å². The van der Waals surface area contributed by atoms with Gasteiger partial charge in [0.05, 0.1) is 11.8 Å². The molecule has 2 aromatic rings. The van der Waals surface area contributed by atoms with E-state index in [1.807, 2.05) is 6.07 Å². The molecule has 0 bridgehead atoms. The quantitative estimate of drug-likeness (QED) is 0.809. The van der Waals surface area contributed by atoms with E-state index in [0.717, 1.165) is 0 Å². The van der Waals surface area contributed by atoms with Crippen LogP contribution in [0.2, 0.25) is 0 Å². The number of sulfonamides is 1. The number of anilines is 2. The molecule has 0 unspecified atom stereocenters. The Kier molecular flexibility index (Phi) is 5.57. The topological polar surface area (TPSA) is 82.5 Å². The molecule has 23 heavy (non-hydrogen) atoms. The van der Waals surface area contributed by atoms with Crippen LogP contribution in [0.1, 0.15) is 13.8 Å². The van der Waals surface area contributed by atoms with E-state index in [4.69, 9.17) is 0 Å². The number of nitrogens with one attached hydrogen (secondary N) is 1. The summed E-state index contributed by atoms with van der Waals surface area (Å²) in [5, 5.41) is 12.2. The van der Waals surface area contributed by atoms with Crippen LogP contribution in [0, 0.1) is 0 Å². The first-order valence-electron chi connectivity index (χ1n) is 7.41. The van der Waals surface area contributed by atoms with Crippen molar-refractivity contribution in [2.75, 3.05) is 22.7 Å². The number of hydrogen-bond donors (Lipinski definition) is 2. The molecule has 0 aliphatic carbocycles.